The number of hydrogen-bond acceptors (Lipinski definition) is 5. The predicted octanol–water partition coefficient (Wildman–Crippen LogP) is 3.88. The second-order valence-electron chi connectivity index (χ2n) is 11.4. The summed E-state index contributed by atoms with van der Waals surface area (Å²) < 4.78 is 0. The van der Waals surface area contributed by atoms with Crippen molar-refractivity contribution in [2.75, 3.05) is 13.1 Å². The third-order valence-electron chi connectivity index (χ3n) is 7.28. The van der Waals surface area contributed by atoms with Crippen molar-refractivity contribution in [1.82, 2.24) is 20.9 Å². The normalized spacial score (nSPS) is 13.9. The van der Waals surface area contributed by atoms with Gasteiger partial charge in [-0.05, 0) is 55.9 Å². The molecule has 4 amide bonds. The van der Waals surface area contributed by atoms with Crippen LogP contribution < -0.4 is 21.7 Å². The van der Waals surface area contributed by atoms with Crippen LogP contribution in [0.5, 0.6) is 0 Å². The van der Waals surface area contributed by atoms with Gasteiger partial charge in [-0.15, -0.1) is 0 Å². The number of hydrogen-bond donors (Lipinski definition) is 4. The van der Waals surface area contributed by atoms with E-state index < -0.39 is 24.0 Å². The van der Waals surface area contributed by atoms with Crippen LogP contribution in [0.15, 0.2) is 54.6 Å². The summed E-state index contributed by atoms with van der Waals surface area (Å²) in [5, 5.41) is 8.69. The molecule has 4 unspecified atom stereocenters. The Morgan fingerprint density at radius 2 is 1.43 bits per heavy atom. The Labute approximate surface area is 251 Å². The molecule has 0 aromatic heterocycles. The van der Waals surface area contributed by atoms with Crippen LogP contribution in [0.25, 0.3) is 0 Å². The molecule has 2 aromatic carbocycles. The molecule has 5 N–H and O–H groups in total. The maximum Gasteiger partial charge on any atom is 0.253 e. The molecule has 2 rings (SSSR count). The zero-order valence-electron chi connectivity index (χ0n) is 26.0. The van der Waals surface area contributed by atoms with E-state index in [2.05, 4.69) is 16.0 Å². The van der Waals surface area contributed by atoms with Gasteiger partial charge < -0.3 is 26.6 Å². The van der Waals surface area contributed by atoms with Crippen LogP contribution in [0.4, 0.5) is 0 Å². The van der Waals surface area contributed by atoms with E-state index in [1.807, 2.05) is 58.0 Å². The first-order chi connectivity index (χ1) is 20.0. The number of nitrogens with zero attached hydrogens (tertiary/aromatic N) is 1. The predicted molar refractivity (Wildman–Crippen MR) is 167 cm³/mol. The van der Waals surface area contributed by atoms with Crippen molar-refractivity contribution >= 4 is 23.6 Å². The van der Waals surface area contributed by atoms with Crippen LogP contribution in [0, 0.1) is 11.8 Å². The lowest BCUT2D eigenvalue weighted by Gasteiger charge is -2.26. The molecule has 0 saturated heterocycles. The summed E-state index contributed by atoms with van der Waals surface area (Å²) in [7, 11) is 0. The second kappa shape index (κ2) is 17.3. The molecule has 0 fully saturated rings. The van der Waals surface area contributed by atoms with Crippen molar-refractivity contribution < 1.29 is 19.2 Å². The van der Waals surface area contributed by atoms with Gasteiger partial charge in [-0.3, -0.25) is 19.2 Å². The summed E-state index contributed by atoms with van der Waals surface area (Å²) in [6, 6.07) is 14.7. The van der Waals surface area contributed by atoms with E-state index in [1.54, 1.807) is 43.0 Å². The number of nitrogens with one attached hydrogen (secondary N) is 3. The van der Waals surface area contributed by atoms with E-state index in [9.17, 15) is 19.2 Å². The van der Waals surface area contributed by atoms with Gasteiger partial charge in [0.15, 0.2) is 0 Å². The van der Waals surface area contributed by atoms with Crippen LogP contribution in [0.3, 0.4) is 0 Å². The molecular weight excluding hydrogens is 530 g/mol. The van der Waals surface area contributed by atoms with E-state index in [4.69, 9.17) is 5.73 Å². The zero-order valence-corrected chi connectivity index (χ0v) is 26.0. The van der Waals surface area contributed by atoms with Gasteiger partial charge in [0.05, 0.1) is 0 Å². The molecule has 4 atom stereocenters. The van der Waals surface area contributed by atoms with Crippen molar-refractivity contribution in [3.63, 3.8) is 0 Å². The summed E-state index contributed by atoms with van der Waals surface area (Å²) in [4.78, 5) is 53.7. The lowest BCUT2D eigenvalue weighted by Crippen LogP contribution is -2.52. The molecule has 0 spiro atoms. The molecule has 9 nitrogen and oxygen atoms in total. The quantitative estimate of drug-likeness (QED) is 0.240. The Morgan fingerprint density at radius 3 is 2.02 bits per heavy atom. The lowest BCUT2D eigenvalue weighted by atomic mass is 9.95. The summed E-state index contributed by atoms with van der Waals surface area (Å²) in [6.45, 7) is 13.1. The molecule has 0 aliphatic heterocycles. The van der Waals surface area contributed by atoms with Crippen LogP contribution in [0.2, 0.25) is 0 Å². The Morgan fingerprint density at radius 1 is 0.810 bits per heavy atom. The first-order valence-corrected chi connectivity index (χ1v) is 15.1. The molecule has 0 aliphatic carbocycles. The standard InChI is InChI=1S/C33H49N5O4/c1-7-17-38(18-8-2)33(42)27-16-12-15-26(20-27)31(40)36-24(6)28(34)19-23(5)30(39)37-29(22(3)4)32(41)35-21-25-13-10-9-11-14-25/h9-16,20,22-24,28-29H,7-8,17-19,21,34H2,1-6H3,(H,35,41)(H,36,40)(H,37,39). The fourth-order valence-electron chi connectivity index (χ4n) is 4.67. The van der Waals surface area contributed by atoms with Crippen molar-refractivity contribution in [2.45, 2.75) is 85.5 Å². The Bertz CT molecular complexity index is 1160. The van der Waals surface area contributed by atoms with Gasteiger partial charge in [0.1, 0.15) is 6.04 Å². The third-order valence-corrected chi connectivity index (χ3v) is 7.28. The topological polar surface area (TPSA) is 134 Å². The van der Waals surface area contributed by atoms with Gasteiger partial charge in [-0.25, -0.2) is 0 Å². The highest BCUT2D eigenvalue weighted by Crippen LogP contribution is 2.13. The minimum atomic E-state index is -0.683. The van der Waals surface area contributed by atoms with Crippen LogP contribution in [-0.4, -0.2) is 59.7 Å². The van der Waals surface area contributed by atoms with Gasteiger partial charge in [0.2, 0.25) is 11.8 Å². The van der Waals surface area contributed by atoms with Gasteiger partial charge in [-0.2, -0.15) is 0 Å². The summed E-state index contributed by atoms with van der Waals surface area (Å²) in [6.07, 6.45) is 2.03. The van der Waals surface area contributed by atoms with E-state index in [-0.39, 0.29) is 29.5 Å². The minimum Gasteiger partial charge on any atom is -0.350 e. The Kier molecular flexibility index (Phi) is 14.2. The fourth-order valence-corrected chi connectivity index (χ4v) is 4.67. The van der Waals surface area contributed by atoms with E-state index >= 15 is 0 Å². The van der Waals surface area contributed by atoms with E-state index in [0.717, 1.165) is 18.4 Å². The summed E-state index contributed by atoms with van der Waals surface area (Å²) >= 11 is 0. The molecule has 42 heavy (non-hydrogen) atoms. The highest BCUT2D eigenvalue weighted by Gasteiger charge is 2.28. The number of carbonyl (C=O) groups is 4. The molecule has 0 radical (unpaired) electrons. The molecule has 9 heteroatoms. The summed E-state index contributed by atoms with van der Waals surface area (Å²) in [5.41, 5.74) is 8.22. The maximum absolute atomic E-state index is 13.0. The first-order valence-electron chi connectivity index (χ1n) is 15.1. The summed E-state index contributed by atoms with van der Waals surface area (Å²) in [5.74, 6) is -1.53. The van der Waals surface area contributed by atoms with Crippen molar-refractivity contribution in [1.29, 1.82) is 0 Å². The van der Waals surface area contributed by atoms with Crippen LogP contribution >= 0.6 is 0 Å². The average molecular weight is 580 g/mol. The van der Waals surface area contributed by atoms with Gasteiger partial charge in [0, 0.05) is 48.8 Å². The monoisotopic (exact) mass is 579 g/mol. The molecule has 0 heterocycles. The van der Waals surface area contributed by atoms with Crippen LogP contribution in [0.1, 0.15) is 87.1 Å². The van der Waals surface area contributed by atoms with Gasteiger partial charge >= 0.3 is 0 Å². The molecular formula is C33H49N5O4. The molecule has 0 bridgehead atoms. The largest absolute Gasteiger partial charge is 0.350 e. The number of amides is 4. The Balaban J connectivity index is 1.94. The lowest BCUT2D eigenvalue weighted by molar-refractivity contribution is -0.132. The Hall–Kier alpha value is -3.72. The fraction of sp³-hybridized carbons (Fsp3) is 0.515. The molecule has 2 aromatic rings. The minimum absolute atomic E-state index is 0.0913. The third kappa shape index (κ3) is 10.6. The number of nitrogens with two attached hydrogens (primary N) is 1. The smallest absolute Gasteiger partial charge is 0.253 e. The molecule has 230 valence electrons. The SMILES string of the molecule is CCCN(CCC)C(=O)c1cccc(C(=O)NC(C)C(N)CC(C)C(=O)NC(C(=O)NCc2ccccc2)C(C)C)c1. The van der Waals surface area contributed by atoms with Gasteiger partial charge in [-0.1, -0.05) is 71.0 Å². The van der Waals surface area contributed by atoms with E-state index in [0.29, 0.717) is 37.2 Å². The number of rotatable bonds is 16. The maximum atomic E-state index is 13.0. The average Bonchev–Trinajstić information content (AvgIpc) is 2.98. The van der Waals surface area contributed by atoms with Crippen molar-refractivity contribution in [3.8, 4) is 0 Å². The highest BCUT2D eigenvalue weighted by atomic mass is 16.2. The van der Waals surface area contributed by atoms with Gasteiger partial charge in [0.25, 0.3) is 11.8 Å². The highest BCUT2D eigenvalue weighted by molar-refractivity contribution is 5.99. The van der Waals surface area contributed by atoms with Crippen molar-refractivity contribution in [2.24, 2.45) is 17.6 Å². The van der Waals surface area contributed by atoms with Crippen molar-refractivity contribution in [3.05, 3.63) is 71.3 Å². The molecule has 0 saturated carbocycles. The second-order valence-corrected chi connectivity index (χ2v) is 11.4. The zero-order chi connectivity index (χ0) is 31.2. The van der Waals surface area contributed by atoms with Crippen LogP contribution in [-0.2, 0) is 16.1 Å². The number of benzene rings is 2. The molecule has 0 aliphatic rings. The first kappa shape index (κ1) is 34.5. The van der Waals surface area contributed by atoms with E-state index in [1.165, 1.54) is 0 Å². The number of carbonyl (C=O) groups excluding carboxylic acids is 4.